The minimum Gasteiger partial charge on any atom is -0.333 e. The Morgan fingerprint density at radius 3 is 2.95 bits per heavy atom. The minimum absolute atomic E-state index is 0.0264. The summed E-state index contributed by atoms with van der Waals surface area (Å²) in [5.41, 5.74) is 1.28. The molecular weight excluding hydrogens is 304 g/mol. The van der Waals surface area contributed by atoms with E-state index in [0.29, 0.717) is 29.4 Å². The molecule has 1 N–H and O–H groups in total. The van der Waals surface area contributed by atoms with Gasteiger partial charge in [0.15, 0.2) is 0 Å². The summed E-state index contributed by atoms with van der Waals surface area (Å²) in [5, 5.41) is 7.53. The maximum Gasteiger partial charge on any atom is 0.244 e. The summed E-state index contributed by atoms with van der Waals surface area (Å²) < 4.78 is 1.63. The molecule has 0 unspecified atom stereocenters. The molecule has 0 saturated carbocycles. The van der Waals surface area contributed by atoms with E-state index in [1.165, 1.54) is 0 Å². The quantitative estimate of drug-likeness (QED) is 0.938. The largest absolute Gasteiger partial charge is 0.333 e. The molecule has 0 atom stereocenters. The van der Waals surface area contributed by atoms with Gasteiger partial charge in [0, 0.05) is 30.4 Å². The lowest BCUT2D eigenvalue weighted by Crippen LogP contribution is -2.34. The predicted octanol–water partition coefficient (Wildman–Crippen LogP) is 2.09. The van der Waals surface area contributed by atoms with Crippen LogP contribution in [0, 0.1) is 0 Å². The number of aromatic nitrogens is 2. The van der Waals surface area contributed by atoms with Crippen LogP contribution in [0.5, 0.6) is 0 Å². The number of carbonyl (C=O) groups excluding carboxylic acids is 2. The number of anilines is 1. The van der Waals surface area contributed by atoms with Gasteiger partial charge < -0.3 is 10.2 Å². The number of nitrogens with one attached hydrogen (secondary N) is 1. The van der Waals surface area contributed by atoms with E-state index in [-0.39, 0.29) is 18.4 Å². The molecule has 2 amide bonds. The summed E-state index contributed by atoms with van der Waals surface area (Å²) in [6.07, 6.45) is 4.75. The van der Waals surface area contributed by atoms with Crippen molar-refractivity contribution >= 4 is 29.1 Å². The number of hydrogen-bond donors (Lipinski definition) is 1. The van der Waals surface area contributed by atoms with E-state index in [1.807, 2.05) is 0 Å². The highest BCUT2D eigenvalue weighted by atomic mass is 35.5. The third-order valence-corrected chi connectivity index (χ3v) is 3.73. The van der Waals surface area contributed by atoms with Gasteiger partial charge in [0.05, 0.1) is 17.9 Å². The van der Waals surface area contributed by atoms with Gasteiger partial charge in [0.25, 0.3) is 0 Å². The maximum absolute atomic E-state index is 12.2. The Morgan fingerprint density at radius 1 is 1.41 bits per heavy atom. The monoisotopic (exact) mass is 318 g/mol. The van der Waals surface area contributed by atoms with Crippen LogP contribution >= 0.6 is 11.6 Å². The second kappa shape index (κ2) is 6.19. The van der Waals surface area contributed by atoms with E-state index >= 15 is 0 Å². The Bertz CT molecular complexity index is 700. The van der Waals surface area contributed by atoms with Crippen LogP contribution in [-0.4, -0.2) is 39.6 Å². The van der Waals surface area contributed by atoms with Crippen LogP contribution in [0.2, 0.25) is 5.02 Å². The molecule has 0 bridgehead atoms. The van der Waals surface area contributed by atoms with Crippen LogP contribution in [0.25, 0.3) is 5.69 Å². The molecule has 7 heteroatoms. The molecule has 22 heavy (non-hydrogen) atoms. The van der Waals surface area contributed by atoms with Crippen molar-refractivity contribution in [2.75, 3.05) is 18.4 Å². The Labute approximate surface area is 132 Å². The van der Waals surface area contributed by atoms with Crippen molar-refractivity contribution in [2.24, 2.45) is 0 Å². The second-order valence-electron chi connectivity index (χ2n) is 5.08. The number of halogens is 1. The van der Waals surface area contributed by atoms with Crippen LogP contribution in [0.3, 0.4) is 0 Å². The first-order valence-electron chi connectivity index (χ1n) is 7.01. The molecule has 1 saturated heterocycles. The molecule has 1 aromatic heterocycles. The molecule has 1 aliphatic rings. The van der Waals surface area contributed by atoms with Gasteiger partial charge in [0.2, 0.25) is 11.8 Å². The molecule has 0 aliphatic carbocycles. The molecule has 6 nitrogen and oxygen atoms in total. The summed E-state index contributed by atoms with van der Waals surface area (Å²) in [6, 6.07) is 6.94. The van der Waals surface area contributed by atoms with Crippen LogP contribution in [0.15, 0.2) is 36.7 Å². The van der Waals surface area contributed by atoms with Crippen molar-refractivity contribution in [3.05, 3.63) is 41.7 Å². The molecule has 3 rings (SSSR count). The number of benzene rings is 1. The number of nitrogens with zero attached hydrogens (tertiary/aromatic N) is 3. The average molecular weight is 319 g/mol. The van der Waals surface area contributed by atoms with Gasteiger partial charge >= 0.3 is 0 Å². The van der Waals surface area contributed by atoms with E-state index in [2.05, 4.69) is 10.4 Å². The highest BCUT2D eigenvalue weighted by molar-refractivity contribution is 6.30. The molecule has 114 valence electrons. The number of likely N-dealkylation sites (tertiary alicyclic amines) is 1. The lowest BCUT2D eigenvalue weighted by molar-refractivity contribution is -0.131. The number of amides is 2. The van der Waals surface area contributed by atoms with E-state index < -0.39 is 0 Å². The van der Waals surface area contributed by atoms with Gasteiger partial charge in [-0.15, -0.1) is 0 Å². The molecule has 1 fully saturated rings. The first kappa shape index (κ1) is 14.6. The van der Waals surface area contributed by atoms with E-state index in [0.717, 1.165) is 6.42 Å². The lowest BCUT2D eigenvalue weighted by Gasteiger charge is -2.16. The molecular formula is C15H15ClN4O2. The van der Waals surface area contributed by atoms with Crippen molar-refractivity contribution in [3.63, 3.8) is 0 Å². The Balaban J connectivity index is 1.77. The van der Waals surface area contributed by atoms with Gasteiger partial charge in [-0.3, -0.25) is 9.59 Å². The topological polar surface area (TPSA) is 67.2 Å². The van der Waals surface area contributed by atoms with E-state index in [4.69, 9.17) is 11.6 Å². The minimum atomic E-state index is -0.231. The van der Waals surface area contributed by atoms with Gasteiger partial charge in [0.1, 0.15) is 0 Å². The highest BCUT2D eigenvalue weighted by Crippen LogP contribution is 2.24. The Hall–Kier alpha value is -2.34. The van der Waals surface area contributed by atoms with Crippen LogP contribution in [0.1, 0.15) is 12.8 Å². The van der Waals surface area contributed by atoms with Crippen molar-refractivity contribution in [1.82, 2.24) is 14.7 Å². The summed E-state index contributed by atoms with van der Waals surface area (Å²) in [6.45, 7) is 0.707. The highest BCUT2D eigenvalue weighted by Gasteiger charge is 2.22. The summed E-state index contributed by atoms with van der Waals surface area (Å²) >= 11 is 6.02. The van der Waals surface area contributed by atoms with Gasteiger partial charge in [-0.2, -0.15) is 5.10 Å². The first-order valence-corrected chi connectivity index (χ1v) is 7.38. The van der Waals surface area contributed by atoms with Crippen LogP contribution < -0.4 is 5.32 Å². The smallest absolute Gasteiger partial charge is 0.244 e. The van der Waals surface area contributed by atoms with Crippen molar-refractivity contribution in [1.29, 1.82) is 0 Å². The zero-order chi connectivity index (χ0) is 15.5. The number of rotatable bonds is 4. The second-order valence-corrected chi connectivity index (χ2v) is 5.52. The van der Waals surface area contributed by atoms with Gasteiger partial charge in [-0.25, -0.2) is 4.68 Å². The van der Waals surface area contributed by atoms with E-state index in [9.17, 15) is 9.59 Å². The zero-order valence-corrected chi connectivity index (χ0v) is 12.6. The molecule has 2 heterocycles. The molecule has 0 radical (unpaired) electrons. The number of carbonyl (C=O) groups is 2. The fraction of sp³-hybridized carbons (Fsp3) is 0.267. The van der Waals surface area contributed by atoms with Gasteiger partial charge in [-0.05, 0) is 30.7 Å². The average Bonchev–Trinajstić information content (AvgIpc) is 3.14. The van der Waals surface area contributed by atoms with Crippen molar-refractivity contribution < 1.29 is 9.59 Å². The SMILES string of the molecule is O=C(CN1CCCC1=O)Nc1ccc(Cl)cc1-n1cccn1. The molecule has 1 aliphatic heterocycles. The van der Waals surface area contributed by atoms with Crippen LogP contribution in [0.4, 0.5) is 5.69 Å². The normalized spacial score (nSPS) is 14.4. The third-order valence-electron chi connectivity index (χ3n) is 3.49. The predicted molar refractivity (Wildman–Crippen MR) is 83.0 cm³/mol. The summed E-state index contributed by atoms with van der Waals surface area (Å²) in [4.78, 5) is 25.3. The third kappa shape index (κ3) is 3.12. The fourth-order valence-corrected chi connectivity index (χ4v) is 2.61. The fourth-order valence-electron chi connectivity index (χ4n) is 2.45. The Morgan fingerprint density at radius 2 is 2.27 bits per heavy atom. The zero-order valence-electron chi connectivity index (χ0n) is 11.8. The number of hydrogen-bond acceptors (Lipinski definition) is 3. The van der Waals surface area contributed by atoms with Crippen molar-refractivity contribution in [3.8, 4) is 5.69 Å². The van der Waals surface area contributed by atoms with Gasteiger partial charge in [-0.1, -0.05) is 11.6 Å². The maximum atomic E-state index is 12.2. The van der Waals surface area contributed by atoms with E-state index in [1.54, 1.807) is 46.2 Å². The molecule has 1 aromatic carbocycles. The standard InChI is InChI=1S/C15H15ClN4O2/c16-11-4-5-12(13(9-11)20-8-2-6-17-20)18-14(21)10-19-7-1-3-15(19)22/h2,4-6,8-9H,1,3,7,10H2,(H,18,21). The Kier molecular flexibility index (Phi) is 4.11. The van der Waals surface area contributed by atoms with Crippen LogP contribution in [-0.2, 0) is 9.59 Å². The summed E-state index contributed by atoms with van der Waals surface area (Å²) in [7, 11) is 0. The molecule has 0 spiro atoms. The molecule has 2 aromatic rings. The lowest BCUT2D eigenvalue weighted by atomic mass is 10.2. The summed E-state index contributed by atoms with van der Waals surface area (Å²) in [5.74, 6) is -0.204. The van der Waals surface area contributed by atoms with Crippen molar-refractivity contribution in [2.45, 2.75) is 12.8 Å². The first-order chi connectivity index (χ1) is 10.6.